The van der Waals surface area contributed by atoms with E-state index >= 15 is 0 Å². The highest BCUT2D eigenvalue weighted by atomic mass is 16.5. The summed E-state index contributed by atoms with van der Waals surface area (Å²) in [6.45, 7) is 8.26. The number of ether oxygens (including phenoxy) is 1. The number of carbonyl (C=O) groups excluding carboxylic acids is 1. The molecule has 0 unspecified atom stereocenters. The Balaban J connectivity index is 2.46. The molecule has 0 saturated heterocycles. The Hall–Kier alpha value is -1.88. The van der Waals surface area contributed by atoms with E-state index in [1.165, 1.54) is 6.92 Å². The van der Waals surface area contributed by atoms with E-state index in [1.807, 2.05) is 0 Å². The van der Waals surface area contributed by atoms with Gasteiger partial charge in [0.25, 0.3) is 0 Å². The van der Waals surface area contributed by atoms with Crippen molar-refractivity contribution < 1.29 is 9.53 Å². The molecule has 0 saturated carbocycles. The third-order valence-electron chi connectivity index (χ3n) is 3.21. The van der Waals surface area contributed by atoms with Crippen LogP contribution in [0.5, 0.6) is 5.75 Å². The Morgan fingerprint density at radius 3 is 2.90 bits per heavy atom. The molecule has 0 spiro atoms. The second kappa shape index (κ2) is 6.52. The van der Waals surface area contributed by atoms with Crippen LogP contribution < -0.4 is 10.1 Å². The van der Waals surface area contributed by atoms with Gasteiger partial charge in [-0.25, -0.2) is 4.98 Å². The molecule has 2 aromatic heterocycles. The number of nitrogens with one attached hydrogen (secondary N) is 1. The SMILES string of the molecule is CCNCCc1cn(CC)c2nccc(OC(C)=O)c12. The number of esters is 1. The van der Waals surface area contributed by atoms with Crippen molar-refractivity contribution in [1.82, 2.24) is 14.9 Å². The molecule has 0 amide bonds. The number of pyridine rings is 1. The number of aryl methyl sites for hydroxylation is 1. The average Bonchev–Trinajstić information content (AvgIpc) is 2.78. The molecule has 0 bridgehead atoms. The molecular weight excluding hydrogens is 254 g/mol. The molecule has 2 aromatic rings. The quantitative estimate of drug-likeness (QED) is 0.648. The van der Waals surface area contributed by atoms with Crippen LogP contribution >= 0.6 is 0 Å². The minimum absolute atomic E-state index is 0.306. The van der Waals surface area contributed by atoms with E-state index in [9.17, 15) is 4.79 Å². The number of hydrogen-bond donors (Lipinski definition) is 1. The molecule has 0 fully saturated rings. The summed E-state index contributed by atoms with van der Waals surface area (Å²) in [5, 5.41) is 4.26. The Labute approximate surface area is 118 Å². The first-order valence-electron chi connectivity index (χ1n) is 7.03. The molecular formula is C15H21N3O2. The lowest BCUT2D eigenvalue weighted by Gasteiger charge is -2.06. The second-order valence-electron chi connectivity index (χ2n) is 4.65. The van der Waals surface area contributed by atoms with Crippen molar-refractivity contribution in [3.05, 3.63) is 24.0 Å². The predicted molar refractivity (Wildman–Crippen MR) is 79.0 cm³/mol. The summed E-state index contributed by atoms with van der Waals surface area (Å²) in [6, 6.07) is 1.75. The van der Waals surface area contributed by atoms with E-state index in [0.717, 1.165) is 42.7 Å². The van der Waals surface area contributed by atoms with Gasteiger partial charge in [0.05, 0.1) is 5.39 Å². The first kappa shape index (κ1) is 14.5. The van der Waals surface area contributed by atoms with Crippen molar-refractivity contribution >= 4 is 17.0 Å². The molecule has 20 heavy (non-hydrogen) atoms. The van der Waals surface area contributed by atoms with Gasteiger partial charge in [0.2, 0.25) is 0 Å². The first-order valence-corrected chi connectivity index (χ1v) is 7.03. The summed E-state index contributed by atoms with van der Waals surface area (Å²) in [5.74, 6) is 0.292. The van der Waals surface area contributed by atoms with Crippen molar-refractivity contribution in [2.45, 2.75) is 33.7 Å². The van der Waals surface area contributed by atoms with Gasteiger partial charge in [-0.3, -0.25) is 4.79 Å². The Morgan fingerprint density at radius 2 is 2.25 bits per heavy atom. The first-order chi connectivity index (χ1) is 9.67. The maximum atomic E-state index is 11.2. The number of likely N-dealkylation sites (N-methyl/N-ethyl adjacent to an activating group) is 1. The number of nitrogens with zero attached hydrogens (tertiary/aromatic N) is 2. The summed E-state index contributed by atoms with van der Waals surface area (Å²) >= 11 is 0. The lowest BCUT2D eigenvalue weighted by molar-refractivity contribution is -0.131. The number of aromatic nitrogens is 2. The van der Waals surface area contributed by atoms with E-state index in [-0.39, 0.29) is 5.97 Å². The van der Waals surface area contributed by atoms with Crippen LogP contribution in [0, 0.1) is 0 Å². The molecule has 0 atom stereocenters. The largest absolute Gasteiger partial charge is 0.426 e. The Morgan fingerprint density at radius 1 is 1.45 bits per heavy atom. The third kappa shape index (κ3) is 2.99. The van der Waals surface area contributed by atoms with Gasteiger partial charge < -0.3 is 14.6 Å². The maximum absolute atomic E-state index is 11.2. The minimum Gasteiger partial charge on any atom is -0.426 e. The third-order valence-corrected chi connectivity index (χ3v) is 3.21. The van der Waals surface area contributed by atoms with Crippen LogP contribution in [0.15, 0.2) is 18.5 Å². The highest BCUT2D eigenvalue weighted by Gasteiger charge is 2.14. The molecule has 5 heteroatoms. The fourth-order valence-corrected chi connectivity index (χ4v) is 2.34. The summed E-state index contributed by atoms with van der Waals surface area (Å²) in [7, 11) is 0. The van der Waals surface area contributed by atoms with Gasteiger partial charge in [-0.15, -0.1) is 0 Å². The molecule has 108 valence electrons. The van der Waals surface area contributed by atoms with Crippen molar-refractivity contribution in [1.29, 1.82) is 0 Å². The maximum Gasteiger partial charge on any atom is 0.308 e. The monoisotopic (exact) mass is 275 g/mol. The zero-order chi connectivity index (χ0) is 14.5. The highest BCUT2D eigenvalue weighted by Crippen LogP contribution is 2.29. The van der Waals surface area contributed by atoms with Crippen LogP contribution in [-0.2, 0) is 17.8 Å². The van der Waals surface area contributed by atoms with Gasteiger partial charge in [0.1, 0.15) is 11.4 Å². The summed E-state index contributed by atoms with van der Waals surface area (Å²) in [4.78, 5) is 15.7. The molecule has 0 aromatic carbocycles. The predicted octanol–water partition coefficient (Wildman–Crippen LogP) is 2.13. The fraction of sp³-hybridized carbons (Fsp3) is 0.467. The zero-order valence-corrected chi connectivity index (χ0v) is 12.3. The van der Waals surface area contributed by atoms with Crippen molar-refractivity contribution in [3.8, 4) is 5.75 Å². The molecule has 0 aliphatic heterocycles. The van der Waals surface area contributed by atoms with Crippen molar-refractivity contribution in [2.24, 2.45) is 0 Å². The van der Waals surface area contributed by atoms with Gasteiger partial charge in [-0.05, 0) is 32.0 Å². The van der Waals surface area contributed by atoms with Crippen LogP contribution in [0.3, 0.4) is 0 Å². The Kier molecular flexibility index (Phi) is 4.74. The molecule has 5 nitrogen and oxygen atoms in total. The smallest absolute Gasteiger partial charge is 0.308 e. The van der Waals surface area contributed by atoms with Crippen molar-refractivity contribution in [2.75, 3.05) is 13.1 Å². The molecule has 2 heterocycles. The summed E-state index contributed by atoms with van der Waals surface area (Å²) in [5.41, 5.74) is 2.03. The number of hydrogen-bond acceptors (Lipinski definition) is 4. The summed E-state index contributed by atoms with van der Waals surface area (Å²) < 4.78 is 7.41. The zero-order valence-electron chi connectivity index (χ0n) is 12.3. The van der Waals surface area contributed by atoms with Crippen LogP contribution in [-0.4, -0.2) is 28.6 Å². The van der Waals surface area contributed by atoms with Crippen LogP contribution in [0.4, 0.5) is 0 Å². The molecule has 0 aliphatic rings. The van der Waals surface area contributed by atoms with Gasteiger partial charge >= 0.3 is 5.97 Å². The fourth-order valence-electron chi connectivity index (χ4n) is 2.34. The number of rotatable bonds is 6. The van der Waals surface area contributed by atoms with Gasteiger partial charge in [0.15, 0.2) is 0 Å². The van der Waals surface area contributed by atoms with Crippen molar-refractivity contribution in [3.63, 3.8) is 0 Å². The molecule has 1 N–H and O–H groups in total. The van der Waals surface area contributed by atoms with Crippen LogP contribution in [0.1, 0.15) is 26.3 Å². The summed E-state index contributed by atoms with van der Waals surface area (Å²) in [6.07, 6.45) is 4.67. The Bertz CT molecular complexity index is 604. The number of carbonyl (C=O) groups is 1. The average molecular weight is 275 g/mol. The van der Waals surface area contributed by atoms with E-state index < -0.39 is 0 Å². The molecule has 2 rings (SSSR count). The molecule has 0 aliphatic carbocycles. The van der Waals surface area contributed by atoms with E-state index in [4.69, 9.17) is 4.74 Å². The standard InChI is InChI=1S/C15H21N3O2/c1-4-16-8-6-12-10-18(5-2)15-14(12)13(7-9-17-15)20-11(3)19/h7,9-10,16H,4-6,8H2,1-3H3. The highest BCUT2D eigenvalue weighted by molar-refractivity contribution is 5.89. The van der Waals surface area contributed by atoms with E-state index in [0.29, 0.717) is 5.75 Å². The minimum atomic E-state index is -0.306. The van der Waals surface area contributed by atoms with E-state index in [2.05, 4.69) is 34.9 Å². The lowest BCUT2D eigenvalue weighted by atomic mass is 10.1. The van der Waals surface area contributed by atoms with Gasteiger partial charge in [0, 0.05) is 31.9 Å². The second-order valence-corrected chi connectivity index (χ2v) is 4.65. The normalized spacial score (nSPS) is 10.9. The van der Waals surface area contributed by atoms with Gasteiger partial charge in [-0.1, -0.05) is 6.92 Å². The van der Waals surface area contributed by atoms with E-state index in [1.54, 1.807) is 12.3 Å². The lowest BCUT2D eigenvalue weighted by Crippen LogP contribution is -2.16. The number of fused-ring (bicyclic) bond motifs is 1. The van der Waals surface area contributed by atoms with Crippen LogP contribution in [0.25, 0.3) is 11.0 Å². The van der Waals surface area contributed by atoms with Crippen LogP contribution in [0.2, 0.25) is 0 Å². The molecule has 0 radical (unpaired) electrons. The topological polar surface area (TPSA) is 56.1 Å². The van der Waals surface area contributed by atoms with Gasteiger partial charge in [-0.2, -0.15) is 0 Å².